The highest BCUT2D eigenvalue weighted by Crippen LogP contribution is 2.38. The number of hydrogen-bond acceptors (Lipinski definition) is 5. The first-order chi connectivity index (χ1) is 14.6. The molecule has 5 heteroatoms. The Balaban J connectivity index is 1.90. The number of aliphatic hydroxyl groups is 1. The predicted molar refractivity (Wildman–Crippen MR) is 118 cm³/mol. The van der Waals surface area contributed by atoms with E-state index in [1.807, 2.05) is 36.4 Å². The molecule has 2 aromatic rings. The number of aliphatic hydroxyl groups excluding tert-OH is 1. The van der Waals surface area contributed by atoms with Crippen LogP contribution >= 0.6 is 0 Å². The molecule has 30 heavy (non-hydrogen) atoms. The van der Waals surface area contributed by atoms with Crippen LogP contribution in [0.1, 0.15) is 66.3 Å². The monoisotopic (exact) mass is 411 g/mol. The molecule has 0 fully saturated rings. The molecule has 0 saturated heterocycles. The number of hydrogen-bond donors (Lipinski definition) is 1. The number of carbonyl (C=O) groups is 1. The second kappa shape index (κ2) is 10.6. The normalized spacial score (nSPS) is 18.2. The second-order valence-electron chi connectivity index (χ2n) is 7.86. The maximum absolute atomic E-state index is 12.7. The number of carbonyl (C=O) groups excluding carboxylic acids is 1. The number of ether oxygens (including phenoxy) is 2. The molecule has 3 rings (SSSR count). The molecule has 0 aromatic heterocycles. The van der Waals surface area contributed by atoms with Gasteiger partial charge in [-0.2, -0.15) is 0 Å². The van der Waals surface area contributed by atoms with Gasteiger partial charge in [0.05, 0.1) is 13.2 Å². The number of esters is 1. The van der Waals surface area contributed by atoms with Crippen LogP contribution in [0.2, 0.25) is 0 Å². The van der Waals surface area contributed by atoms with Crippen molar-refractivity contribution >= 4 is 5.97 Å². The van der Waals surface area contributed by atoms with Crippen molar-refractivity contribution in [2.24, 2.45) is 0 Å². The summed E-state index contributed by atoms with van der Waals surface area (Å²) in [6.45, 7) is 6.63. The van der Waals surface area contributed by atoms with Gasteiger partial charge >= 0.3 is 5.97 Å². The van der Waals surface area contributed by atoms with E-state index in [0.29, 0.717) is 24.3 Å². The number of methoxy groups -OCH3 is 1. The molecule has 2 atom stereocenters. The van der Waals surface area contributed by atoms with Crippen molar-refractivity contribution < 1.29 is 19.4 Å². The van der Waals surface area contributed by atoms with Crippen LogP contribution in [-0.4, -0.2) is 42.2 Å². The zero-order chi connectivity index (χ0) is 21.5. The van der Waals surface area contributed by atoms with Gasteiger partial charge in [0, 0.05) is 6.04 Å². The molecule has 0 radical (unpaired) electrons. The summed E-state index contributed by atoms with van der Waals surface area (Å²) < 4.78 is 11.1. The molecule has 1 aliphatic rings. The van der Waals surface area contributed by atoms with Crippen molar-refractivity contribution in [3.8, 4) is 5.75 Å². The molecule has 5 nitrogen and oxygen atoms in total. The molecule has 0 aliphatic heterocycles. The number of fused-ring (bicyclic) bond motifs is 1. The predicted octanol–water partition coefficient (Wildman–Crippen LogP) is 4.52. The Labute approximate surface area is 179 Å². The quantitative estimate of drug-likeness (QED) is 0.615. The van der Waals surface area contributed by atoms with E-state index >= 15 is 0 Å². The fourth-order valence-corrected chi connectivity index (χ4v) is 4.43. The van der Waals surface area contributed by atoms with E-state index in [2.05, 4.69) is 18.7 Å². The van der Waals surface area contributed by atoms with Crippen molar-refractivity contribution in [3.63, 3.8) is 0 Å². The highest BCUT2D eigenvalue weighted by molar-refractivity contribution is 5.94. The van der Waals surface area contributed by atoms with Crippen LogP contribution in [0.4, 0.5) is 0 Å². The van der Waals surface area contributed by atoms with Crippen LogP contribution in [0.3, 0.4) is 0 Å². The Morgan fingerprint density at radius 3 is 2.43 bits per heavy atom. The summed E-state index contributed by atoms with van der Waals surface area (Å²) in [5.74, 6) is 0.0913. The molecule has 0 heterocycles. The Morgan fingerprint density at radius 2 is 1.80 bits per heavy atom. The molecule has 0 bridgehead atoms. The van der Waals surface area contributed by atoms with E-state index in [1.165, 1.54) is 7.11 Å². The Bertz CT molecular complexity index is 831. The lowest BCUT2D eigenvalue weighted by Gasteiger charge is -2.39. The minimum absolute atomic E-state index is 0.0685. The summed E-state index contributed by atoms with van der Waals surface area (Å²) in [6.07, 6.45) is 3.00. The molecule has 2 unspecified atom stereocenters. The molecule has 1 N–H and O–H groups in total. The second-order valence-corrected chi connectivity index (χ2v) is 7.86. The first-order valence-electron chi connectivity index (χ1n) is 10.9. The fourth-order valence-electron chi connectivity index (χ4n) is 4.43. The molecular weight excluding hydrogens is 378 g/mol. The lowest BCUT2D eigenvalue weighted by molar-refractivity contribution is 0.0351. The van der Waals surface area contributed by atoms with E-state index < -0.39 is 12.1 Å². The van der Waals surface area contributed by atoms with E-state index in [4.69, 9.17) is 9.47 Å². The molecule has 0 spiro atoms. The van der Waals surface area contributed by atoms with Crippen LogP contribution in [-0.2, 0) is 17.8 Å². The number of rotatable bonds is 9. The van der Waals surface area contributed by atoms with Crippen LogP contribution < -0.4 is 4.74 Å². The SMILES string of the molecule is CCCN(CCC)C1CCc2c(ccc(OCc3ccccc3)c2C(=O)OC)C1O. The highest BCUT2D eigenvalue weighted by atomic mass is 16.5. The van der Waals surface area contributed by atoms with Crippen LogP contribution in [0.5, 0.6) is 5.75 Å². The third-order valence-corrected chi connectivity index (χ3v) is 5.80. The third kappa shape index (κ3) is 4.85. The maximum Gasteiger partial charge on any atom is 0.341 e. The van der Waals surface area contributed by atoms with Crippen molar-refractivity contribution in [2.75, 3.05) is 20.2 Å². The summed E-state index contributed by atoms with van der Waals surface area (Å²) in [7, 11) is 1.38. The summed E-state index contributed by atoms with van der Waals surface area (Å²) in [5, 5.41) is 11.2. The zero-order valence-electron chi connectivity index (χ0n) is 18.3. The van der Waals surface area contributed by atoms with E-state index in [1.54, 1.807) is 6.07 Å². The molecule has 2 aromatic carbocycles. The smallest absolute Gasteiger partial charge is 0.341 e. The van der Waals surface area contributed by atoms with E-state index in [9.17, 15) is 9.90 Å². The molecule has 1 aliphatic carbocycles. The van der Waals surface area contributed by atoms with Gasteiger partial charge in [-0.1, -0.05) is 50.2 Å². The van der Waals surface area contributed by atoms with Gasteiger partial charge in [0.2, 0.25) is 0 Å². The van der Waals surface area contributed by atoms with Gasteiger partial charge in [0.25, 0.3) is 0 Å². The molecule has 0 amide bonds. The van der Waals surface area contributed by atoms with Gasteiger partial charge in [-0.25, -0.2) is 4.79 Å². The summed E-state index contributed by atoms with van der Waals surface area (Å²) >= 11 is 0. The van der Waals surface area contributed by atoms with Crippen molar-refractivity contribution in [1.82, 2.24) is 4.90 Å². The van der Waals surface area contributed by atoms with Crippen LogP contribution in [0, 0.1) is 0 Å². The standard InChI is InChI=1S/C25H33NO4/c1-4-15-26(16-5-2)21-13-11-19-20(24(21)27)12-14-22(23(19)25(28)29-3)30-17-18-9-7-6-8-10-18/h6-10,12,14,21,24,27H,4-5,11,13,15-17H2,1-3H3. The maximum atomic E-state index is 12.7. The summed E-state index contributed by atoms with van der Waals surface area (Å²) in [6, 6.07) is 13.6. The lowest BCUT2D eigenvalue weighted by atomic mass is 9.82. The molecular formula is C25H33NO4. The molecule has 162 valence electrons. The largest absolute Gasteiger partial charge is 0.488 e. The summed E-state index contributed by atoms with van der Waals surface area (Å²) in [5.41, 5.74) is 3.14. The van der Waals surface area contributed by atoms with Gasteiger partial charge in [0.15, 0.2) is 0 Å². The van der Waals surface area contributed by atoms with Crippen LogP contribution in [0.15, 0.2) is 42.5 Å². The number of benzene rings is 2. The highest BCUT2D eigenvalue weighted by Gasteiger charge is 2.35. The fraction of sp³-hybridized carbons (Fsp3) is 0.480. The van der Waals surface area contributed by atoms with Gasteiger partial charge in [-0.15, -0.1) is 0 Å². The minimum atomic E-state index is -0.626. The Hall–Kier alpha value is -2.37. The van der Waals surface area contributed by atoms with Gasteiger partial charge in [0.1, 0.15) is 17.9 Å². The first-order valence-corrected chi connectivity index (χ1v) is 10.9. The topological polar surface area (TPSA) is 59.0 Å². The van der Waals surface area contributed by atoms with Crippen LogP contribution in [0.25, 0.3) is 0 Å². The van der Waals surface area contributed by atoms with E-state index in [0.717, 1.165) is 49.0 Å². The average molecular weight is 412 g/mol. The lowest BCUT2D eigenvalue weighted by Crippen LogP contribution is -2.43. The Kier molecular flexibility index (Phi) is 7.88. The van der Waals surface area contributed by atoms with Crippen molar-refractivity contribution in [3.05, 3.63) is 64.7 Å². The average Bonchev–Trinajstić information content (AvgIpc) is 2.77. The zero-order valence-corrected chi connectivity index (χ0v) is 18.3. The third-order valence-electron chi connectivity index (χ3n) is 5.80. The number of nitrogens with zero attached hydrogens (tertiary/aromatic N) is 1. The van der Waals surface area contributed by atoms with Gasteiger partial charge < -0.3 is 14.6 Å². The van der Waals surface area contributed by atoms with Gasteiger partial charge in [-0.05, 0) is 61.5 Å². The van der Waals surface area contributed by atoms with Crippen molar-refractivity contribution in [1.29, 1.82) is 0 Å². The van der Waals surface area contributed by atoms with E-state index in [-0.39, 0.29) is 6.04 Å². The summed E-state index contributed by atoms with van der Waals surface area (Å²) in [4.78, 5) is 15.0. The molecule has 0 saturated carbocycles. The van der Waals surface area contributed by atoms with Gasteiger partial charge in [-0.3, -0.25) is 4.90 Å². The van der Waals surface area contributed by atoms with Crippen molar-refractivity contribution in [2.45, 2.75) is 58.3 Å². The first kappa shape index (κ1) is 22.3. The minimum Gasteiger partial charge on any atom is -0.488 e. The Morgan fingerprint density at radius 1 is 1.10 bits per heavy atom.